The number of benzene rings is 2. The zero-order chi connectivity index (χ0) is 19.2. The summed E-state index contributed by atoms with van der Waals surface area (Å²) in [5, 5.41) is 5.27. The fourth-order valence-electron chi connectivity index (χ4n) is 2.40. The molecule has 0 saturated heterocycles. The highest BCUT2D eigenvalue weighted by Gasteiger charge is 2.19. The van der Waals surface area contributed by atoms with Crippen molar-refractivity contribution in [3.05, 3.63) is 65.7 Å². The Morgan fingerprint density at radius 3 is 2.23 bits per heavy atom. The first-order valence-corrected chi connectivity index (χ1v) is 10.0. The summed E-state index contributed by atoms with van der Waals surface area (Å²) in [6.07, 6.45) is 0. The maximum Gasteiger partial charge on any atom is 0.253 e. The molecule has 0 spiro atoms. The quantitative estimate of drug-likeness (QED) is 0.778. The third-order valence-electron chi connectivity index (χ3n) is 3.45. The van der Waals surface area contributed by atoms with Gasteiger partial charge in [-0.3, -0.25) is 9.59 Å². The molecule has 0 radical (unpaired) electrons. The van der Waals surface area contributed by atoms with Crippen LogP contribution in [0.2, 0.25) is 0 Å². The Morgan fingerprint density at radius 1 is 0.962 bits per heavy atom. The second-order valence-electron chi connectivity index (χ2n) is 6.24. The van der Waals surface area contributed by atoms with Crippen LogP contribution in [0.4, 0.5) is 5.69 Å². The van der Waals surface area contributed by atoms with Crippen LogP contribution in [-0.2, 0) is 20.4 Å². The van der Waals surface area contributed by atoms with Crippen LogP contribution in [0, 0.1) is 0 Å². The number of carbonyl (C=O) groups is 2. The minimum Gasteiger partial charge on any atom is -0.350 e. The van der Waals surface area contributed by atoms with Crippen LogP contribution in [0.5, 0.6) is 0 Å². The first-order chi connectivity index (χ1) is 12.3. The minimum absolute atomic E-state index is 0.0579. The summed E-state index contributed by atoms with van der Waals surface area (Å²) in [5.41, 5.74) is 1.19. The van der Waals surface area contributed by atoms with Crippen molar-refractivity contribution in [2.45, 2.75) is 25.6 Å². The number of para-hydroxylation sites is 1. The topological polar surface area (TPSA) is 92.3 Å². The molecule has 0 aliphatic heterocycles. The van der Waals surface area contributed by atoms with Crippen molar-refractivity contribution in [2.75, 3.05) is 11.1 Å². The third-order valence-corrected chi connectivity index (χ3v) is 4.92. The predicted octanol–water partition coefficient (Wildman–Crippen LogP) is 2.38. The van der Waals surface area contributed by atoms with Crippen molar-refractivity contribution in [2.24, 2.45) is 0 Å². The van der Waals surface area contributed by atoms with Gasteiger partial charge in [0.1, 0.15) is 5.75 Å². The lowest BCUT2D eigenvalue weighted by molar-refractivity contribution is -0.113. The molecule has 0 bridgehead atoms. The van der Waals surface area contributed by atoms with Gasteiger partial charge in [0.2, 0.25) is 5.91 Å². The summed E-state index contributed by atoms with van der Waals surface area (Å²) in [6.45, 7) is 3.66. The molecule has 2 rings (SSSR count). The number of anilines is 1. The monoisotopic (exact) mass is 374 g/mol. The molecule has 26 heavy (non-hydrogen) atoms. The Labute approximate surface area is 153 Å². The van der Waals surface area contributed by atoms with Crippen LogP contribution in [-0.4, -0.2) is 32.0 Å². The molecule has 2 amide bonds. The predicted molar refractivity (Wildman–Crippen MR) is 102 cm³/mol. The van der Waals surface area contributed by atoms with Gasteiger partial charge >= 0.3 is 0 Å². The fraction of sp³-hybridized carbons (Fsp3) is 0.263. The Kier molecular flexibility index (Phi) is 6.52. The van der Waals surface area contributed by atoms with Crippen molar-refractivity contribution in [3.8, 4) is 0 Å². The molecule has 2 aromatic rings. The molecule has 0 unspecified atom stereocenters. The molecular weight excluding hydrogens is 352 g/mol. The van der Waals surface area contributed by atoms with E-state index < -0.39 is 21.5 Å². The minimum atomic E-state index is -3.62. The van der Waals surface area contributed by atoms with E-state index in [2.05, 4.69) is 10.6 Å². The summed E-state index contributed by atoms with van der Waals surface area (Å²) < 4.78 is 24.4. The number of sulfone groups is 1. The molecule has 0 fully saturated rings. The van der Waals surface area contributed by atoms with E-state index in [0.717, 1.165) is 0 Å². The largest absolute Gasteiger partial charge is 0.350 e. The Balaban J connectivity index is 2.07. The van der Waals surface area contributed by atoms with Crippen molar-refractivity contribution in [1.82, 2.24) is 5.32 Å². The van der Waals surface area contributed by atoms with Crippen molar-refractivity contribution in [1.29, 1.82) is 0 Å². The van der Waals surface area contributed by atoms with Crippen molar-refractivity contribution < 1.29 is 18.0 Å². The van der Waals surface area contributed by atoms with E-state index in [-0.39, 0.29) is 29.0 Å². The first-order valence-electron chi connectivity index (χ1n) is 8.21. The Morgan fingerprint density at radius 2 is 1.58 bits per heavy atom. The van der Waals surface area contributed by atoms with Gasteiger partial charge in [-0.2, -0.15) is 0 Å². The van der Waals surface area contributed by atoms with Gasteiger partial charge < -0.3 is 10.6 Å². The van der Waals surface area contributed by atoms with Crippen LogP contribution in [0.3, 0.4) is 0 Å². The normalized spacial score (nSPS) is 11.2. The lowest BCUT2D eigenvalue weighted by Gasteiger charge is -2.13. The molecular formula is C19H22N2O4S. The molecule has 0 saturated carbocycles. The maximum absolute atomic E-state index is 12.2. The highest BCUT2D eigenvalue weighted by molar-refractivity contribution is 7.91. The van der Waals surface area contributed by atoms with Gasteiger partial charge in [0.05, 0.1) is 17.0 Å². The van der Waals surface area contributed by atoms with E-state index in [1.807, 2.05) is 13.8 Å². The Bertz CT molecular complexity index is 877. The summed E-state index contributed by atoms with van der Waals surface area (Å²) in [5.74, 6) is -1.87. The van der Waals surface area contributed by atoms with Crippen LogP contribution >= 0.6 is 0 Å². The molecule has 138 valence electrons. The lowest BCUT2D eigenvalue weighted by Crippen LogP contribution is -2.31. The van der Waals surface area contributed by atoms with E-state index in [4.69, 9.17) is 0 Å². The van der Waals surface area contributed by atoms with Gasteiger partial charge in [-0.15, -0.1) is 0 Å². The summed E-state index contributed by atoms with van der Waals surface area (Å²) in [7, 11) is -3.62. The molecule has 0 heterocycles. The summed E-state index contributed by atoms with van der Waals surface area (Å²) >= 11 is 0. The highest BCUT2D eigenvalue weighted by atomic mass is 32.2. The highest BCUT2D eigenvalue weighted by Crippen LogP contribution is 2.16. The van der Waals surface area contributed by atoms with Crippen molar-refractivity contribution >= 4 is 27.3 Å². The molecule has 7 heteroatoms. The van der Waals surface area contributed by atoms with Gasteiger partial charge in [0.25, 0.3) is 5.91 Å². The second kappa shape index (κ2) is 8.62. The zero-order valence-corrected chi connectivity index (χ0v) is 15.5. The van der Waals surface area contributed by atoms with Gasteiger partial charge in [-0.25, -0.2) is 8.42 Å². The molecule has 6 nitrogen and oxygen atoms in total. The zero-order valence-electron chi connectivity index (χ0n) is 14.7. The standard InChI is InChI=1S/C19H22N2O4S/c1-14(2)20-19(23)16-10-6-7-11-17(16)21-18(22)13-26(24,25)12-15-8-4-3-5-9-15/h3-11,14H,12-13H2,1-2H3,(H,20,23)(H,21,22). The van der Waals surface area contributed by atoms with Crippen LogP contribution in [0.1, 0.15) is 29.8 Å². The third kappa shape index (κ3) is 6.00. The van der Waals surface area contributed by atoms with E-state index >= 15 is 0 Å². The molecule has 2 aromatic carbocycles. The fourth-order valence-corrected chi connectivity index (χ4v) is 3.67. The summed E-state index contributed by atoms with van der Waals surface area (Å²) in [4.78, 5) is 24.4. The van der Waals surface area contributed by atoms with Gasteiger partial charge in [0.15, 0.2) is 9.84 Å². The molecule has 0 atom stereocenters. The lowest BCUT2D eigenvalue weighted by atomic mass is 10.1. The molecule has 0 aromatic heterocycles. The van der Waals surface area contributed by atoms with E-state index in [1.165, 1.54) is 0 Å². The van der Waals surface area contributed by atoms with E-state index in [0.29, 0.717) is 5.56 Å². The smallest absolute Gasteiger partial charge is 0.253 e. The van der Waals surface area contributed by atoms with Crippen LogP contribution in [0.25, 0.3) is 0 Å². The molecule has 0 aliphatic carbocycles. The van der Waals surface area contributed by atoms with Crippen LogP contribution in [0.15, 0.2) is 54.6 Å². The average Bonchev–Trinajstić information content (AvgIpc) is 2.54. The maximum atomic E-state index is 12.2. The van der Waals surface area contributed by atoms with Gasteiger partial charge in [0, 0.05) is 6.04 Å². The van der Waals surface area contributed by atoms with Gasteiger partial charge in [-0.05, 0) is 31.5 Å². The number of hydrogen-bond acceptors (Lipinski definition) is 4. The number of hydrogen-bond donors (Lipinski definition) is 2. The second-order valence-corrected chi connectivity index (χ2v) is 8.30. The van der Waals surface area contributed by atoms with Crippen molar-refractivity contribution in [3.63, 3.8) is 0 Å². The number of nitrogens with one attached hydrogen (secondary N) is 2. The Hall–Kier alpha value is -2.67. The first kappa shape index (κ1) is 19.7. The SMILES string of the molecule is CC(C)NC(=O)c1ccccc1NC(=O)CS(=O)(=O)Cc1ccccc1. The summed E-state index contributed by atoms with van der Waals surface area (Å²) in [6, 6.07) is 15.1. The average molecular weight is 374 g/mol. The van der Waals surface area contributed by atoms with Crippen LogP contribution < -0.4 is 10.6 Å². The number of amides is 2. The number of carbonyl (C=O) groups excluding carboxylic acids is 2. The van der Waals surface area contributed by atoms with E-state index in [9.17, 15) is 18.0 Å². The van der Waals surface area contributed by atoms with Gasteiger partial charge in [-0.1, -0.05) is 42.5 Å². The molecule has 2 N–H and O–H groups in total. The number of rotatable bonds is 7. The molecule has 0 aliphatic rings. The van der Waals surface area contributed by atoms with E-state index in [1.54, 1.807) is 54.6 Å².